The lowest BCUT2D eigenvalue weighted by Gasteiger charge is -2.05. The molecule has 0 amide bonds. The van der Waals surface area contributed by atoms with Crippen molar-refractivity contribution in [3.63, 3.8) is 0 Å². The summed E-state index contributed by atoms with van der Waals surface area (Å²) in [7, 11) is 0. The molecule has 0 spiro atoms. The molecule has 0 unspecified atom stereocenters. The normalized spacial score (nSPS) is 11.1. The molecule has 0 saturated carbocycles. The number of pyridine rings is 1. The Morgan fingerprint density at radius 1 is 0.769 bits per heavy atom. The molecule has 5 aromatic rings. The minimum absolute atomic E-state index is 0.808. The van der Waals surface area contributed by atoms with Crippen LogP contribution in [0.25, 0.3) is 39.3 Å². The van der Waals surface area contributed by atoms with Gasteiger partial charge in [-0.3, -0.25) is 4.98 Å². The first-order chi connectivity index (χ1) is 12.9. The van der Waals surface area contributed by atoms with E-state index < -0.39 is 0 Å². The first-order valence-corrected chi connectivity index (χ1v) is 8.27. The van der Waals surface area contributed by atoms with E-state index in [-0.39, 0.29) is 0 Å². The Hall–Kier alpha value is -3.73. The zero-order valence-electron chi connectivity index (χ0n) is 13.8. The van der Waals surface area contributed by atoms with Gasteiger partial charge in [0.05, 0.1) is 36.3 Å². The highest BCUT2D eigenvalue weighted by Crippen LogP contribution is 2.26. The highest BCUT2D eigenvalue weighted by atomic mass is 16.3. The van der Waals surface area contributed by atoms with Crippen molar-refractivity contribution in [3.8, 4) is 33.6 Å². The third-order valence-corrected chi connectivity index (χ3v) is 4.34. The summed E-state index contributed by atoms with van der Waals surface area (Å²) in [5.41, 5.74) is 6.70. The van der Waals surface area contributed by atoms with Crippen LogP contribution < -0.4 is 0 Å². The molecule has 5 rings (SSSR count). The summed E-state index contributed by atoms with van der Waals surface area (Å²) < 4.78 is 7.00. The molecule has 5 nitrogen and oxygen atoms in total. The summed E-state index contributed by atoms with van der Waals surface area (Å²) >= 11 is 0. The molecule has 1 aromatic carbocycles. The van der Waals surface area contributed by atoms with E-state index in [1.807, 2.05) is 59.4 Å². The molecule has 5 heteroatoms. The van der Waals surface area contributed by atoms with E-state index in [0.29, 0.717) is 0 Å². The zero-order chi connectivity index (χ0) is 17.3. The molecule has 0 fully saturated rings. The predicted molar refractivity (Wildman–Crippen MR) is 99.4 cm³/mol. The maximum atomic E-state index is 5.16. The second-order valence-electron chi connectivity index (χ2n) is 5.97. The van der Waals surface area contributed by atoms with Crippen LogP contribution in [0.1, 0.15) is 0 Å². The zero-order valence-corrected chi connectivity index (χ0v) is 13.8. The van der Waals surface area contributed by atoms with Crippen LogP contribution in [0, 0.1) is 0 Å². The van der Waals surface area contributed by atoms with Crippen LogP contribution in [-0.2, 0) is 0 Å². The van der Waals surface area contributed by atoms with Gasteiger partial charge in [-0.25, -0.2) is 9.50 Å². The number of rotatable bonds is 3. The molecule has 0 bridgehead atoms. The lowest BCUT2D eigenvalue weighted by molar-refractivity contribution is 0.568. The molecule has 0 aliphatic rings. The van der Waals surface area contributed by atoms with Crippen LogP contribution in [0.4, 0.5) is 0 Å². The summed E-state index contributed by atoms with van der Waals surface area (Å²) in [6, 6.07) is 18.1. The summed E-state index contributed by atoms with van der Waals surface area (Å²) in [6.07, 6.45) is 8.82. The summed E-state index contributed by atoms with van der Waals surface area (Å²) in [6.45, 7) is 0. The minimum atomic E-state index is 0.808. The van der Waals surface area contributed by atoms with Gasteiger partial charge in [-0.1, -0.05) is 30.3 Å². The molecule has 26 heavy (non-hydrogen) atoms. The summed E-state index contributed by atoms with van der Waals surface area (Å²) in [5, 5.41) is 4.60. The average Bonchev–Trinajstić information content (AvgIpc) is 3.38. The van der Waals surface area contributed by atoms with Crippen molar-refractivity contribution in [2.75, 3.05) is 0 Å². The number of fused-ring (bicyclic) bond motifs is 1. The average molecular weight is 338 g/mol. The number of furan rings is 1. The van der Waals surface area contributed by atoms with E-state index in [1.165, 1.54) is 0 Å². The van der Waals surface area contributed by atoms with Crippen molar-refractivity contribution in [1.82, 2.24) is 19.6 Å². The lowest BCUT2D eigenvalue weighted by atomic mass is 10.1. The van der Waals surface area contributed by atoms with Crippen molar-refractivity contribution < 1.29 is 4.42 Å². The Kier molecular flexibility index (Phi) is 3.35. The minimum Gasteiger partial charge on any atom is -0.472 e. The Balaban J connectivity index is 1.59. The van der Waals surface area contributed by atoms with Gasteiger partial charge in [-0.15, -0.1) is 0 Å². The van der Waals surface area contributed by atoms with E-state index in [0.717, 1.165) is 39.3 Å². The summed E-state index contributed by atoms with van der Waals surface area (Å²) in [4.78, 5) is 8.95. The third-order valence-electron chi connectivity index (χ3n) is 4.34. The molecule has 4 heterocycles. The largest absolute Gasteiger partial charge is 0.472 e. The van der Waals surface area contributed by atoms with Gasteiger partial charge in [0.25, 0.3) is 0 Å². The second-order valence-corrected chi connectivity index (χ2v) is 5.97. The molecular formula is C21H14N4O. The number of hydrogen-bond donors (Lipinski definition) is 0. The number of hydrogen-bond acceptors (Lipinski definition) is 4. The fraction of sp³-hybridized carbons (Fsp3) is 0. The van der Waals surface area contributed by atoms with E-state index in [1.54, 1.807) is 18.7 Å². The maximum absolute atomic E-state index is 5.16. The Morgan fingerprint density at radius 3 is 2.54 bits per heavy atom. The molecule has 0 N–H and O–H groups in total. The third kappa shape index (κ3) is 2.46. The maximum Gasteiger partial charge on any atom is 0.154 e. The highest BCUT2D eigenvalue weighted by molar-refractivity contribution is 5.71. The van der Waals surface area contributed by atoms with E-state index in [2.05, 4.69) is 27.2 Å². The molecule has 0 aliphatic carbocycles. The van der Waals surface area contributed by atoms with Crippen molar-refractivity contribution in [1.29, 1.82) is 0 Å². The lowest BCUT2D eigenvalue weighted by Crippen LogP contribution is -1.95. The van der Waals surface area contributed by atoms with Crippen molar-refractivity contribution in [2.45, 2.75) is 0 Å². The van der Waals surface area contributed by atoms with Crippen molar-refractivity contribution >= 4 is 5.65 Å². The quantitative estimate of drug-likeness (QED) is 0.478. The molecule has 4 aromatic heterocycles. The van der Waals surface area contributed by atoms with Crippen LogP contribution in [0.2, 0.25) is 0 Å². The van der Waals surface area contributed by atoms with Crippen LogP contribution in [0.5, 0.6) is 0 Å². The monoisotopic (exact) mass is 338 g/mol. The second kappa shape index (κ2) is 5.97. The number of benzene rings is 1. The topological polar surface area (TPSA) is 56.2 Å². The molecule has 0 aliphatic heterocycles. The van der Waals surface area contributed by atoms with E-state index in [4.69, 9.17) is 4.42 Å². The van der Waals surface area contributed by atoms with Crippen LogP contribution >= 0.6 is 0 Å². The molecule has 0 saturated heterocycles. The van der Waals surface area contributed by atoms with Gasteiger partial charge in [-0.05, 0) is 29.8 Å². The molecule has 0 radical (unpaired) electrons. The standard InChI is InChI=1S/C21H14N4O/c1-2-4-15(5-3-1)18-11-21-23-13-20(25(21)24-12-18)16-6-8-22-19(10-16)17-7-9-26-14-17/h1-14H. The van der Waals surface area contributed by atoms with Gasteiger partial charge in [0.2, 0.25) is 0 Å². The van der Waals surface area contributed by atoms with Crippen LogP contribution in [0.3, 0.4) is 0 Å². The predicted octanol–water partition coefficient (Wildman–Crippen LogP) is 4.72. The SMILES string of the molecule is c1ccc(-c2cnn3c(-c4ccnc(-c5ccoc5)c4)cnc3c2)cc1. The van der Waals surface area contributed by atoms with Crippen molar-refractivity contribution in [3.05, 3.63) is 85.7 Å². The van der Waals surface area contributed by atoms with Crippen LogP contribution in [-0.4, -0.2) is 19.6 Å². The van der Waals surface area contributed by atoms with Gasteiger partial charge >= 0.3 is 0 Å². The molecular weight excluding hydrogens is 324 g/mol. The summed E-state index contributed by atoms with van der Waals surface area (Å²) in [5.74, 6) is 0. The van der Waals surface area contributed by atoms with E-state index >= 15 is 0 Å². The van der Waals surface area contributed by atoms with Gasteiger partial charge < -0.3 is 4.42 Å². The number of aromatic nitrogens is 4. The number of nitrogens with zero attached hydrogens (tertiary/aromatic N) is 4. The van der Waals surface area contributed by atoms with Gasteiger partial charge in [-0.2, -0.15) is 5.10 Å². The highest BCUT2D eigenvalue weighted by Gasteiger charge is 2.10. The number of imidazole rings is 1. The molecule has 124 valence electrons. The Labute approximate surface area is 149 Å². The fourth-order valence-corrected chi connectivity index (χ4v) is 3.02. The Morgan fingerprint density at radius 2 is 1.69 bits per heavy atom. The van der Waals surface area contributed by atoms with Crippen LogP contribution in [0.15, 0.2) is 90.1 Å². The first-order valence-electron chi connectivity index (χ1n) is 8.27. The molecule has 0 atom stereocenters. The van der Waals surface area contributed by atoms with Gasteiger partial charge in [0.1, 0.15) is 0 Å². The Bertz CT molecular complexity index is 1180. The van der Waals surface area contributed by atoms with Gasteiger partial charge in [0.15, 0.2) is 5.65 Å². The fourth-order valence-electron chi connectivity index (χ4n) is 3.02. The van der Waals surface area contributed by atoms with E-state index in [9.17, 15) is 0 Å². The van der Waals surface area contributed by atoms with Crippen molar-refractivity contribution in [2.24, 2.45) is 0 Å². The smallest absolute Gasteiger partial charge is 0.154 e. The first kappa shape index (κ1) is 14.6. The van der Waals surface area contributed by atoms with Gasteiger partial charge in [0, 0.05) is 22.9 Å².